The van der Waals surface area contributed by atoms with E-state index in [1.54, 1.807) is 11.0 Å². The Morgan fingerprint density at radius 1 is 1.00 bits per heavy atom. The number of carbonyl (C=O) groups excluding carboxylic acids is 1. The summed E-state index contributed by atoms with van der Waals surface area (Å²) in [6.45, 7) is 6.88. The minimum Gasteiger partial charge on any atom is -0.494 e. The van der Waals surface area contributed by atoms with E-state index in [4.69, 9.17) is 20.8 Å². The molecule has 0 spiro atoms. The predicted molar refractivity (Wildman–Crippen MR) is 142 cm³/mol. The van der Waals surface area contributed by atoms with E-state index in [9.17, 15) is 9.59 Å². The maximum absolute atomic E-state index is 13.9. The standard InChI is InChI=1S/C30H28ClNO4/c1-4-5-13-35-22-11-8-10-20(16-22)27-26-28(33)23-14-18(2)19(3)15-25(23)36-29(26)30(34)32(27)17-21-9-6-7-12-24(21)31/h6-12,14-16,27H,4-5,13,17H2,1-3H3. The number of ether oxygens (including phenoxy) is 1. The summed E-state index contributed by atoms with van der Waals surface area (Å²) < 4.78 is 12.1. The van der Waals surface area contributed by atoms with Gasteiger partial charge in [-0.1, -0.05) is 55.3 Å². The van der Waals surface area contributed by atoms with Gasteiger partial charge in [0.25, 0.3) is 5.91 Å². The Bertz CT molecular complexity index is 1520. The van der Waals surface area contributed by atoms with Crippen LogP contribution in [0.4, 0.5) is 0 Å². The summed E-state index contributed by atoms with van der Waals surface area (Å²) in [5.74, 6) is 0.464. The molecule has 36 heavy (non-hydrogen) atoms. The smallest absolute Gasteiger partial charge is 0.291 e. The number of nitrogens with zero attached hydrogens (tertiary/aromatic N) is 1. The molecule has 2 heterocycles. The van der Waals surface area contributed by atoms with E-state index in [0.29, 0.717) is 33.9 Å². The number of rotatable bonds is 7. The van der Waals surface area contributed by atoms with Gasteiger partial charge in [-0.2, -0.15) is 0 Å². The number of carbonyl (C=O) groups is 1. The SMILES string of the molecule is CCCCOc1cccc(C2c3c(oc4cc(C)c(C)cc4c3=O)C(=O)N2Cc2ccccc2Cl)c1. The minimum absolute atomic E-state index is 0.0881. The first-order valence-electron chi connectivity index (χ1n) is 12.2. The zero-order chi connectivity index (χ0) is 25.4. The molecule has 1 amide bonds. The van der Waals surface area contributed by atoms with Crippen molar-refractivity contribution in [2.24, 2.45) is 0 Å². The molecule has 0 N–H and O–H groups in total. The molecule has 0 fully saturated rings. The molecule has 184 valence electrons. The summed E-state index contributed by atoms with van der Waals surface area (Å²) in [5.41, 5.74) is 4.17. The van der Waals surface area contributed by atoms with Crippen LogP contribution in [0, 0.1) is 13.8 Å². The van der Waals surface area contributed by atoms with Crippen molar-refractivity contribution >= 4 is 28.5 Å². The van der Waals surface area contributed by atoms with Crippen LogP contribution in [0.15, 0.2) is 69.9 Å². The van der Waals surface area contributed by atoms with Crippen LogP contribution in [0.25, 0.3) is 11.0 Å². The third-order valence-electron chi connectivity index (χ3n) is 6.82. The van der Waals surface area contributed by atoms with Gasteiger partial charge < -0.3 is 14.1 Å². The maximum Gasteiger partial charge on any atom is 0.291 e. The first-order valence-corrected chi connectivity index (χ1v) is 12.6. The van der Waals surface area contributed by atoms with Gasteiger partial charge in [-0.3, -0.25) is 9.59 Å². The molecule has 1 atom stereocenters. The van der Waals surface area contributed by atoms with Crippen LogP contribution in [-0.4, -0.2) is 17.4 Å². The molecule has 4 aromatic rings. The van der Waals surface area contributed by atoms with Gasteiger partial charge in [0, 0.05) is 11.6 Å². The predicted octanol–water partition coefficient (Wildman–Crippen LogP) is 6.99. The van der Waals surface area contributed by atoms with Crippen molar-refractivity contribution in [2.75, 3.05) is 6.61 Å². The van der Waals surface area contributed by atoms with Crippen molar-refractivity contribution in [1.29, 1.82) is 0 Å². The average molecular weight is 502 g/mol. The molecular weight excluding hydrogens is 474 g/mol. The molecule has 0 saturated carbocycles. The third kappa shape index (κ3) is 4.28. The molecular formula is C30H28ClNO4. The summed E-state index contributed by atoms with van der Waals surface area (Å²) in [6, 6.07) is 18.1. The minimum atomic E-state index is -0.624. The van der Waals surface area contributed by atoms with E-state index in [2.05, 4.69) is 6.92 Å². The van der Waals surface area contributed by atoms with Crippen molar-refractivity contribution in [1.82, 2.24) is 4.90 Å². The van der Waals surface area contributed by atoms with Crippen molar-refractivity contribution in [2.45, 2.75) is 46.2 Å². The number of aryl methyl sites for hydroxylation is 2. The topological polar surface area (TPSA) is 59.8 Å². The summed E-state index contributed by atoms with van der Waals surface area (Å²) in [6.07, 6.45) is 1.98. The Balaban J connectivity index is 1.68. The van der Waals surface area contributed by atoms with E-state index in [-0.39, 0.29) is 23.6 Å². The molecule has 0 radical (unpaired) electrons. The van der Waals surface area contributed by atoms with Gasteiger partial charge in [0.1, 0.15) is 11.3 Å². The Morgan fingerprint density at radius 2 is 1.78 bits per heavy atom. The second-order valence-corrected chi connectivity index (χ2v) is 9.72. The van der Waals surface area contributed by atoms with Crippen LogP contribution in [0.2, 0.25) is 5.02 Å². The molecule has 1 aromatic heterocycles. The lowest BCUT2D eigenvalue weighted by Gasteiger charge is -2.26. The van der Waals surface area contributed by atoms with Gasteiger partial charge in [-0.05, 0) is 72.9 Å². The van der Waals surface area contributed by atoms with E-state index >= 15 is 0 Å². The Morgan fingerprint density at radius 3 is 2.56 bits per heavy atom. The van der Waals surface area contributed by atoms with Gasteiger partial charge in [-0.25, -0.2) is 0 Å². The quantitative estimate of drug-likeness (QED) is 0.256. The van der Waals surface area contributed by atoms with Crippen LogP contribution in [0.5, 0.6) is 5.75 Å². The van der Waals surface area contributed by atoms with Crippen molar-refractivity contribution in [3.05, 3.63) is 109 Å². The van der Waals surface area contributed by atoms with Crippen LogP contribution in [-0.2, 0) is 6.54 Å². The second-order valence-electron chi connectivity index (χ2n) is 9.31. The molecule has 1 unspecified atom stereocenters. The second kappa shape index (κ2) is 9.82. The van der Waals surface area contributed by atoms with E-state index < -0.39 is 6.04 Å². The fourth-order valence-corrected chi connectivity index (χ4v) is 4.90. The van der Waals surface area contributed by atoms with Crippen LogP contribution < -0.4 is 10.2 Å². The first-order chi connectivity index (χ1) is 17.4. The van der Waals surface area contributed by atoms with Gasteiger partial charge >= 0.3 is 0 Å². The zero-order valence-corrected chi connectivity index (χ0v) is 21.4. The molecule has 1 aliphatic heterocycles. The number of hydrogen-bond acceptors (Lipinski definition) is 4. The highest BCUT2D eigenvalue weighted by Crippen LogP contribution is 2.40. The number of hydrogen-bond donors (Lipinski definition) is 0. The number of unbranched alkanes of at least 4 members (excludes halogenated alkanes) is 1. The van der Waals surface area contributed by atoms with Gasteiger partial charge in [-0.15, -0.1) is 0 Å². The lowest BCUT2D eigenvalue weighted by Crippen LogP contribution is -2.29. The highest BCUT2D eigenvalue weighted by molar-refractivity contribution is 6.31. The fourth-order valence-electron chi connectivity index (χ4n) is 4.70. The van der Waals surface area contributed by atoms with Crippen LogP contribution >= 0.6 is 11.6 Å². The molecule has 0 bridgehead atoms. The lowest BCUT2D eigenvalue weighted by atomic mass is 9.97. The van der Waals surface area contributed by atoms with Gasteiger partial charge in [0.2, 0.25) is 5.76 Å². The third-order valence-corrected chi connectivity index (χ3v) is 7.19. The largest absolute Gasteiger partial charge is 0.494 e. The lowest BCUT2D eigenvalue weighted by molar-refractivity contribution is 0.0714. The van der Waals surface area contributed by atoms with Crippen LogP contribution in [0.3, 0.4) is 0 Å². The summed E-state index contributed by atoms with van der Waals surface area (Å²) >= 11 is 6.46. The van der Waals surface area contributed by atoms with Crippen LogP contribution in [0.1, 0.15) is 64.2 Å². The number of fused-ring (bicyclic) bond motifs is 2. The van der Waals surface area contributed by atoms with Gasteiger partial charge in [0.05, 0.1) is 23.6 Å². The summed E-state index contributed by atoms with van der Waals surface area (Å²) in [7, 11) is 0. The molecule has 0 saturated heterocycles. The highest BCUT2D eigenvalue weighted by atomic mass is 35.5. The highest BCUT2D eigenvalue weighted by Gasteiger charge is 2.43. The molecule has 3 aromatic carbocycles. The molecule has 5 nitrogen and oxygen atoms in total. The monoisotopic (exact) mass is 501 g/mol. The molecule has 6 heteroatoms. The first kappa shape index (κ1) is 24.1. The summed E-state index contributed by atoms with van der Waals surface area (Å²) in [4.78, 5) is 29.3. The maximum atomic E-state index is 13.9. The average Bonchev–Trinajstić information content (AvgIpc) is 3.14. The Hall–Kier alpha value is -3.57. The van der Waals surface area contributed by atoms with Crippen molar-refractivity contribution < 1.29 is 13.9 Å². The Labute approximate surface area is 215 Å². The van der Waals surface area contributed by atoms with E-state index in [0.717, 1.165) is 35.1 Å². The number of amides is 1. The number of benzene rings is 3. The zero-order valence-electron chi connectivity index (χ0n) is 20.6. The van der Waals surface area contributed by atoms with Crippen molar-refractivity contribution in [3.8, 4) is 5.75 Å². The number of halogens is 1. The van der Waals surface area contributed by atoms with E-state index in [1.807, 2.05) is 68.4 Å². The fraction of sp³-hybridized carbons (Fsp3) is 0.267. The normalized spacial score (nSPS) is 14.9. The van der Waals surface area contributed by atoms with Gasteiger partial charge in [0.15, 0.2) is 5.43 Å². The molecule has 1 aliphatic rings. The molecule has 0 aliphatic carbocycles. The summed E-state index contributed by atoms with van der Waals surface area (Å²) in [5, 5.41) is 1.04. The van der Waals surface area contributed by atoms with Crippen molar-refractivity contribution in [3.63, 3.8) is 0 Å². The van der Waals surface area contributed by atoms with E-state index in [1.165, 1.54) is 0 Å². The molecule has 5 rings (SSSR count). The Kier molecular flexibility index (Phi) is 6.59.